The zero-order chi connectivity index (χ0) is 31.2. The van der Waals surface area contributed by atoms with Gasteiger partial charge in [0.1, 0.15) is 24.5 Å². The normalized spacial score (nSPS) is 14.0. The standard InChI is InChI=1S/C34H28Br2N2O6/c1-3-42-30-18-24(17-29(36)31(30)44-20-22-6-4-21(2)5-7-22)16-28-32(39)37-34(41)38(33(28)40)26-12-14-27(15-13-26)43-19-23-8-10-25(35)11-9-23/h4-18H,3,19-20H2,1-2H3,(H,37,39,41)/b28-16+. The first kappa shape index (κ1) is 31.0. The van der Waals surface area contributed by atoms with E-state index in [0.29, 0.717) is 47.1 Å². The second-order valence-corrected chi connectivity index (χ2v) is 11.7. The number of amides is 4. The highest BCUT2D eigenvalue weighted by Gasteiger charge is 2.37. The first-order chi connectivity index (χ1) is 21.2. The molecule has 5 rings (SSSR count). The molecule has 1 aliphatic heterocycles. The molecule has 0 spiro atoms. The molecular formula is C34H28Br2N2O6. The second-order valence-electron chi connectivity index (χ2n) is 9.90. The third-order valence-electron chi connectivity index (χ3n) is 6.66. The zero-order valence-electron chi connectivity index (χ0n) is 23.9. The van der Waals surface area contributed by atoms with E-state index in [-0.39, 0.29) is 11.3 Å². The van der Waals surface area contributed by atoms with E-state index >= 15 is 0 Å². The van der Waals surface area contributed by atoms with Gasteiger partial charge in [-0.05, 0) is 101 Å². The van der Waals surface area contributed by atoms with Gasteiger partial charge in [-0.1, -0.05) is 57.9 Å². The van der Waals surface area contributed by atoms with Crippen LogP contribution in [-0.4, -0.2) is 24.5 Å². The van der Waals surface area contributed by atoms with Gasteiger partial charge in [0.25, 0.3) is 11.8 Å². The number of urea groups is 1. The van der Waals surface area contributed by atoms with Crippen LogP contribution >= 0.6 is 31.9 Å². The Balaban J connectivity index is 1.35. The van der Waals surface area contributed by atoms with Crippen molar-refractivity contribution in [3.05, 3.63) is 122 Å². The summed E-state index contributed by atoms with van der Waals surface area (Å²) in [5.41, 5.74) is 3.73. The van der Waals surface area contributed by atoms with Crippen LogP contribution in [0, 0.1) is 6.92 Å². The molecule has 4 aromatic carbocycles. The Bertz CT molecular complexity index is 1720. The maximum atomic E-state index is 13.5. The van der Waals surface area contributed by atoms with Gasteiger partial charge in [0, 0.05) is 4.47 Å². The topological polar surface area (TPSA) is 94.2 Å². The van der Waals surface area contributed by atoms with Gasteiger partial charge in [-0.3, -0.25) is 14.9 Å². The molecule has 224 valence electrons. The Morgan fingerprint density at radius 2 is 1.43 bits per heavy atom. The second kappa shape index (κ2) is 13.9. The molecule has 1 saturated heterocycles. The molecule has 1 fully saturated rings. The third kappa shape index (κ3) is 7.38. The summed E-state index contributed by atoms with van der Waals surface area (Å²) in [6, 6.07) is 24.8. The van der Waals surface area contributed by atoms with Crippen molar-refractivity contribution in [1.82, 2.24) is 5.32 Å². The summed E-state index contributed by atoms with van der Waals surface area (Å²) in [5.74, 6) is -0.0497. The van der Waals surface area contributed by atoms with Crippen LogP contribution < -0.4 is 24.4 Å². The lowest BCUT2D eigenvalue weighted by Gasteiger charge is -2.26. The van der Waals surface area contributed by atoms with Gasteiger partial charge < -0.3 is 14.2 Å². The van der Waals surface area contributed by atoms with Crippen LogP contribution in [0.15, 0.2) is 99.4 Å². The van der Waals surface area contributed by atoms with Crippen LogP contribution in [0.2, 0.25) is 0 Å². The average molecular weight is 720 g/mol. The number of ether oxygens (including phenoxy) is 3. The predicted molar refractivity (Wildman–Crippen MR) is 175 cm³/mol. The highest BCUT2D eigenvalue weighted by Crippen LogP contribution is 2.38. The largest absolute Gasteiger partial charge is 0.490 e. The minimum absolute atomic E-state index is 0.206. The summed E-state index contributed by atoms with van der Waals surface area (Å²) in [6.07, 6.45) is 1.42. The molecule has 0 atom stereocenters. The highest BCUT2D eigenvalue weighted by atomic mass is 79.9. The van der Waals surface area contributed by atoms with E-state index in [1.165, 1.54) is 6.08 Å². The number of carbonyl (C=O) groups is 3. The van der Waals surface area contributed by atoms with Crippen LogP contribution in [-0.2, 0) is 22.8 Å². The Kier molecular flexibility index (Phi) is 9.82. The molecule has 44 heavy (non-hydrogen) atoms. The van der Waals surface area contributed by atoms with Crippen molar-refractivity contribution in [2.24, 2.45) is 0 Å². The van der Waals surface area contributed by atoms with E-state index in [0.717, 1.165) is 26.1 Å². The van der Waals surface area contributed by atoms with E-state index in [2.05, 4.69) is 37.2 Å². The summed E-state index contributed by atoms with van der Waals surface area (Å²) in [4.78, 5) is 40.0. The molecule has 10 heteroatoms. The molecule has 1 heterocycles. The molecule has 4 amide bonds. The maximum Gasteiger partial charge on any atom is 0.335 e. The number of anilines is 1. The Hall–Kier alpha value is -4.41. The Morgan fingerprint density at radius 1 is 0.795 bits per heavy atom. The maximum absolute atomic E-state index is 13.5. The molecule has 4 aromatic rings. The summed E-state index contributed by atoms with van der Waals surface area (Å²) >= 11 is 6.96. The third-order valence-corrected chi connectivity index (χ3v) is 7.78. The van der Waals surface area contributed by atoms with Crippen LogP contribution in [0.1, 0.15) is 29.2 Å². The number of barbiturate groups is 1. The molecule has 0 radical (unpaired) electrons. The fourth-order valence-electron chi connectivity index (χ4n) is 4.41. The monoisotopic (exact) mass is 718 g/mol. The van der Waals surface area contributed by atoms with Crippen molar-refractivity contribution in [3.8, 4) is 17.2 Å². The van der Waals surface area contributed by atoms with Crippen LogP contribution in [0.4, 0.5) is 10.5 Å². The number of hydrogen-bond donors (Lipinski definition) is 1. The van der Waals surface area contributed by atoms with Crippen LogP contribution in [0.5, 0.6) is 17.2 Å². The number of halogens is 2. The minimum atomic E-state index is -0.836. The first-order valence-corrected chi connectivity index (χ1v) is 15.3. The van der Waals surface area contributed by atoms with Gasteiger partial charge >= 0.3 is 6.03 Å². The van der Waals surface area contributed by atoms with E-state index in [1.807, 2.05) is 62.4 Å². The van der Waals surface area contributed by atoms with Crippen molar-refractivity contribution >= 4 is 61.5 Å². The fraction of sp³-hybridized carbons (Fsp3) is 0.147. The molecular weight excluding hydrogens is 692 g/mol. The van der Waals surface area contributed by atoms with E-state index in [1.54, 1.807) is 36.4 Å². The van der Waals surface area contributed by atoms with Gasteiger partial charge in [-0.25, -0.2) is 9.69 Å². The molecule has 1 aliphatic rings. The van der Waals surface area contributed by atoms with Crippen molar-refractivity contribution in [2.75, 3.05) is 11.5 Å². The van der Waals surface area contributed by atoms with E-state index < -0.39 is 17.8 Å². The minimum Gasteiger partial charge on any atom is -0.490 e. The number of benzene rings is 4. The van der Waals surface area contributed by atoms with Crippen LogP contribution in [0.3, 0.4) is 0 Å². The summed E-state index contributed by atoms with van der Waals surface area (Å²) in [5, 5.41) is 2.26. The van der Waals surface area contributed by atoms with Gasteiger partial charge in [-0.15, -0.1) is 0 Å². The molecule has 0 aliphatic carbocycles. The SMILES string of the molecule is CCOc1cc(/C=C2\C(=O)NC(=O)N(c3ccc(OCc4ccc(Br)cc4)cc3)C2=O)cc(Br)c1OCc1ccc(C)cc1. The predicted octanol–water partition coefficient (Wildman–Crippen LogP) is 7.74. The lowest BCUT2D eigenvalue weighted by Crippen LogP contribution is -2.54. The quantitative estimate of drug-likeness (QED) is 0.133. The summed E-state index contributed by atoms with van der Waals surface area (Å²) in [7, 11) is 0. The zero-order valence-corrected chi connectivity index (χ0v) is 27.1. The van der Waals surface area contributed by atoms with Gasteiger partial charge in [0.05, 0.1) is 16.8 Å². The lowest BCUT2D eigenvalue weighted by atomic mass is 10.1. The average Bonchev–Trinajstić information content (AvgIpc) is 3.00. The Labute approximate surface area is 271 Å². The first-order valence-electron chi connectivity index (χ1n) is 13.7. The van der Waals surface area contributed by atoms with Gasteiger partial charge in [0.2, 0.25) is 0 Å². The van der Waals surface area contributed by atoms with E-state index in [9.17, 15) is 14.4 Å². The molecule has 0 unspecified atom stereocenters. The number of carbonyl (C=O) groups excluding carboxylic acids is 3. The number of rotatable bonds is 10. The molecule has 0 bridgehead atoms. The van der Waals surface area contributed by atoms with Crippen molar-refractivity contribution < 1.29 is 28.6 Å². The molecule has 0 saturated carbocycles. The molecule has 0 aromatic heterocycles. The fourth-order valence-corrected chi connectivity index (χ4v) is 5.25. The number of imide groups is 2. The van der Waals surface area contributed by atoms with Crippen molar-refractivity contribution in [3.63, 3.8) is 0 Å². The highest BCUT2D eigenvalue weighted by molar-refractivity contribution is 9.10. The van der Waals surface area contributed by atoms with Gasteiger partial charge in [0.15, 0.2) is 11.5 Å². The smallest absolute Gasteiger partial charge is 0.335 e. The summed E-state index contributed by atoms with van der Waals surface area (Å²) < 4.78 is 19.3. The molecule has 1 N–H and O–H groups in total. The number of hydrogen-bond acceptors (Lipinski definition) is 6. The molecule has 8 nitrogen and oxygen atoms in total. The summed E-state index contributed by atoms with van der Waals surface area (Å²) in [6.45, 7) is 4.92. The Morgan fingerprint density at radius 3 is 2.09 bits per heavy atom. The number of nitrogens with zero attached hydrogens (tertiary/aromatic N) is 1. The van der Waals surface area contributed by atoms with Gasteiger partial charge in [-0.2, -0.15) is 0 Å². The van der Waals surface area contributed by atoms with Crippen LogP contribution in [0.25, 0.3) is 6.08 Å². The van der Waals surface area contributed by atoms with Crippen molar-refractivity contribution in [2.45, 2.75) is 27.1 Å². The van der Waals surface area contributed by atoms with Crippen molar-refractivity contribution in [1.29, 1.82) is 0 Å². The number of aryl methyl sites for hydroxylation is 1. The number of nitrogens with one attached hydrogen (secondary N) is 1. The lowest BCUT2D eigenvalue weighted by molar-refractivity contribution is -0.122. The van der Waals surface area contributed by atoms with E-state index in [4.69, 9.17) is 14.2 Å².